The highest BCUT2D eigenvalue weighted by Gasteiger charge is 2.11. The van der Waals surface area contributed by atoms with E-state index in [4.69, 9.17) is 5.73 Å². The van der Waals surface area contributed by atoms with Crippen LogP contribution in [-0.2, 0) is 0 Å². The highest BCUT2D eigenvalue weighted by molar-refractivity contribution is 4.66. The van der Waals surface area contributed by atoms with Crippen molar-refractivity contribution in [2.45, 2.75) is 25.7 Å². The van der Waals surface area contributed by atoms with E-state index in [1.54, 1.807) is 0 Å². The van der Waals surface area contributed by atoms with Gasteiger partial charge in [0, 0.05) is 0 Å². The molecule has 0 aromatic rings. The van der Waals surface area contributed by atoms with Crippen LogP contribution in [0.1, 0.15) is 25.7 Å². The largest absolute Gasteiger partial charge is 0.412 e. The molecule has 1 fully saturated rings. The lowest BCUT2D eigenvalue weighted by molar-refractivity contribution is 0.562. The van der Waals surface area contributed by atoms with E-state index >= 15 is 0 Å². The molecule has 1 aliphatic carbocycles. The molecule has 8 heavy (non-hydrogen) atoms. The Labute approximate surface area is 50.4 Å². The molecule has 0 amide bonds. The van der Waals surface area contributed by atoms with E-state index in [2.05, 4.69) is 0 Å². The Hall–Kier alpha value is -0.0800. The van der Waals surface area contributed by atoms with Crippen molar-refractivity contribution in [2.24, 2.45) is 11.7 Å². The normalized spacial score (nSPS) is 20.6. The molecular formula is C6H15NO. The Kier molecular flexibility index (Phi) is 3.83. The molecule has 0 radical (unpaired) electrons. The van der Waals surface area contributed by atoms with E-state index in [0.717, 1.165) is 12.5 Å². The SMILES string of the molecule is NCC1CCCC1.O. The quantitative estimate of drug-likeness (QED) is 0.528. The molecule has 0 bridgehead atoms. The standard InChI is InChI=1S/C6H13N.H2O/c7-5-6-3-1-2-4-6;/h6H,1-5,7H2;1H2. The highest BCUT2D eigenvalue weighted by Crippen LogP contribution is 2.22. The molecule has 0 atom stereocenters. The van der Waals surface area contributed by atoms with E-state index in [0.29, 0.717) is 0 Å². The van der Waals surface area contributed by atoms with E-state index in [9.17, 15) is 0 Å². The molecule has 0 aromatic heterocycles. The van der Waals surface area contributed by atoms with Crippen LogP contribution >= 0.6 is 0 Å². The first-order valence-corrected chi connectivity index (χ1v) is 3.13. The summed E-state index contributed by atoms with van der Waals surface area (Å²) in [4.78, 5) is 0. The van der Waals surface area contributed by atoms with Crippen molar-refractivity contribution in [3.8, 4) is 0 Å². The van der Waals surface area contributed by atoms with Crippen molar-refractivity contribution in [3.05, 3.63) is 0 Å². The first-order chi connectivity index (χ1) is 3.43. The molecule has 0 heterocycles. The van der Waals surface area contributed by atoms with Crippen LogP contribution in [0.5, 0.6) is 0 Å². The summed E-state index contributed by atoms with van der Waals surface area (Å²) in [6.07, 6.45) is 5.61. The summed E-state index contributed by atoms with van der Waals surface area (Å²) in [6, 6.07) is 0. The Morgan fingerprint density at radius 2 is 1.75 bits per heavy atom. The topological polar surface area (TPSA) is 57.5 Å². The van der Waals surface area contributed by atoms with Gasteiger partial charge < -0.3 is 11.2 Å². The first kappa shape index (κ1) is 7.92. The molecule has 1 aliphatic rings. The fraction of sp³-hybridized carbons (Fsp3) is 1.00. The van der Waals surface area contributed by atoms with E-state index in [1.807, 2.05) is 0 Å². The second-order valence-corrected chi connectivity index (χ2v) is 2.39. The summed E-state index contributed by atoms with van der Waals surface area (Å²) < 4.78 is 0. The molecular weight excluding hydrogens is 102 g/mol. The molecule has 4 N–H and O–H groups in total. The van der Waals surface area contributed by atoms with Crippen molar-refractivity contribution in [1.29, 1.82) is 0 Å². The van der Waals surface area contributed by atoms with Gasteiger partial charge in [0.1, 0.15) is 0 Å². The number of rotatable bonds is 1. The van der Waals surface area contributed by atoms with Gasteiger partial charge in [-0.2, -0.15) is 0 Å². The lowest BCUT2D eigenvalue weighted by Crippen LogP contribution is -2.09. The van der Waals surface area contributed by atoms with Crippen molar-refractivity contribution in [1.82, 2.24) is 0 Å². The Bertz CT molecular complexity index is 50.5. The van der Waals surface area contributed by atoms with Crippen LogP contribution in [0.25, 0.3) is 0 Å². The fourth-order valence-electron chi connectivity index (χ4n) is 1.25. The van der Waals surface area contributed by atoms with E-state index in [1.165, 1.54) is 25.7 Å². The lowest BCUT2D eigenvalue weighted by atomic mass is 10.1. The Morgan fingerprint density at radius 3 is 2.00 bits per heavy atom. The van der Waals surface area contributed by atoms with Gasteiger partial charge in [-0.05, 0) is 25.3 Å². The van der Waals surface area contributed by atoms with Gasteiger partial charge in [-0.3, -0.25) is 0 Å². The maximum absolute atomic E-state index is 5.43. The predicted molar refractivity (Wildman–Crippen MR) is 34.6 cm³/mol. The van der Waals surface area contributed by atoms with Crippen LogP contribution in [0.15, 0.2) is 0 Å². The minimum Gasteiger partial charge on any atom is -0.412 e. The second kappa shape index (κ2) is 3.87. The molecule has 50 valence electrons. The summed E-state index contributed by atoms with van der Waals surface area (Å²) in [5, 5.41) is 0. The molecule has 1 saturated carbocycles. The van der Waals surface area contributed by atoms with Crippen LogP contribution in [0.3, 0.4) is 0 Å². The van der Waals surface area contributed by atoms with Crippen LogP contribution in [0.4, 0.5) is 0 Å². The van der Waals surface area contributed by atoms with Crippen molar-refractivity contribution in [2.75, 3.05) is 6.54 Å². The molecule has 0 aliphatic heterocycles. The third kappa shape index (κ3) is 1.80. The first-order valence-electron chi connectivity index (χ1n) is 3.13. The summed E-state index contributed by atoms with van der Waals surface area (Å²) in [5.74, 6) is 0.875. The van der Waals surface area contributed by atoms with Crippen molar-refractivity contribution >= 4 is 0 Å². The number of hydrogen-bond acceptors (Lipinski definition) is 1. The molecule has 2 heteroatoms. The van der Waals surface area contributed by atoms with Crippen LogP contribution in [0.2, 0.25) is 0 Å². The number of hydrogen-bond donors (Lipinski definition) is 1. The lowest BCUT2D eigenvalue weighted by Gasteiger charge is -1.99. The van der Waals surface area contributed by atoms with Gasteiger partial charge in [-0.25, -0.2) is 0 Å². The van der Waals surface area contributed by atoms with Gasteiger partial charge in [0.15, 0.2) is 0 Å². The van der Waals surface area contributed by atoms with Crippen LogP contribution in [-0.4, -0.2) is 12.0 Å². The van der Waals surface area contributed by atoms with E-state index < -0.39 is 0 Å². The molecule has 0 saturated heterocycles. The van der Waals surface area contributed by atoms with Gasteiger partial charge in [0.25, 0.3) is 0 Å². The van der Waals surface area contributed by atoms with E-state index in [-0.39, 0.29) is 5.48 Å². The zero-order valence-electron chi connectivity index (χ0n) is 5.19. The molecule has 2 nitrogen and oxygen atoms in total. The molecule has 1 rings (SSSR count). The summed E-state index contributed by atoms with van der Waals surface area (Å²) in [5.41, 5.74) is 5.43. The zero-order chi connectivity index (χ0) is 5.11. The average Bonchev–Trinajstić information content (AvgIpc) is 2.14. The molecule has 0 unspecified atom stereocenters. The van der Waals surface area contributed by atoms with Gasteiger partial charge in [-0.1, -0.05) is 12.8 Å². The number of nitrogens with two attached hydrogens (primary N) is 1. The van der Waals surface area contributed by atoms with Crippen LogP contribution in [0, 0.1) is 5.92 Å². The zero-order valence-corrected chi connectivity index (χ0v) is 5.19. The predicted octanol–water partition coefficient (Wildman–Crippen LogP) is 0.311. The third-order valence-electron chi connectivity index (χ3n) is 1.81. The summed E-state index contributed by atoms with van der Waals surface area (Å²) in [6.45, 7) is 0.917. The minimum atomic E-state index is 0. The summed E-state index contributed by atoms with van der Waals surface area (Å²) in [7, 11) is 0. The molecule has 0 spiro atoms. The van der Waals surface area contributed by atoms with Crippen molar-refractivity contribution in [3.63, 3.8) is 0 Å². The van der Waals surface area contributed by atoms with Gasteiger partial charge in [0.05, 0.1) is 0 Å². The van der Waals surface area contributed by atoms with Crippen molar-refractivity contribution < 1.29 is 5.48 Å². The minimum absolute atomic E-state index is 0. The van der Waals surface area contributed by atoms with Crippen LogP contribution < -0.4 is 5.73 Å². The fourth-order valence-corrected chi connectivity index (χ4v) is 1.25. The highest BCUT2D eigenvalue weighted by atomic mass is 16.0. The average molecular weight is 117 g/mol. The maximum atomic E-state index is 5.43. The van der Waals surface area contributed by atoms with Gasteiger partial charge in [0.2, 0.25) is 0 Å². The van der Waals surface area contributed by atoms with Gasteiger partial charge >= 0.3 is 0 Å². The third-order valence-corrected chi connectivity index (χ3v) is 1.81. The second-order valence-electron chi connectivity index (χ2n) is 2.39. The Balaban J connectivity index is 0.000000490. The summed E-state index contributed by atoms with van der Waals surface area (Å²) >= 11 is 0. The monoisotopic (exact) mass is 117 g/mol. The molecule has 0 aromatic carbocycles. The smallest absolute Gasteiger partial charge is 0.00489 e. The Morgan fingerprint density at radius 1 is 1.25 bits per heavy atom. The van der Waals surface area contributed by atoms with Gasteiger partial charge in [-0.15, -0.1) is 0 Å². The maximum Gasteiger partial charge on any atom is -0.00489 e.